The van der Waals surface area contributed by atoms with Crippen LogP contribution in [-0.4, -0.2) is 42.6 Å². The molecule has 0 aromatic heterocycles. The van der Waals surface area contributed by atoms with Crippen molar-refractivity contribution in [3.05, 3.63) is 12.7 Å². The molecule has 0 unspecified atom stereocenters. The van der Waals surface area contributed by atoms with Gasteiger partial charge in [-0.05, 0) is 19.9 Å². The first-order chi connectivity index (χ1) is 7.58. The number of amides is 2. The van der Waals surface area contributed by atoms with E-state index >= 15 is 0 Å². The average molecular weight is 264 g/mol. The smallest absolute Gasteiger partial charge is 0.266 e. The Morgan fingerprint density at radius 1 is 1.41 bits per heavy atom. The molecule has 98 valence electrons. The third kappa shape index (κ3) is 6.69. The van der Waals surface area contributed by atoms with Gasteiger partial charge in [0.1, 0.15) is 5.54 Å². The van der Waals surface area contributed by atoms with Crippen molar-refractivity contribution in [2.24, 2.45) is 0 Å². The van der Waals surface area contributed by atoms with Crippen LogP contribution in [0.1, 0.15) is 13.8 Å². The van der Waals surface area contributed by atoms with E-state index in [1.54, 1.807) is 0 Å². The van der Waals surface area contributed by atoms with Crippen LogP contribution in [0.2, 0.25) is 0 Å². The van der Waals surface area contributed by atoms with Crippen molar-refractivity contribution in [2.45, 2.75) is 19.4 Å². The molecule has 2 amide bonds. The van der Waals surface area contributed by atoms with E-state index in [9.17, 15) is 18.0 Å². The Morgan fingerprint density at radius 3 is 2.35 bits per heavy atom. The van der Waals surface area contributed by atoms with Crippen molar-refractivity contribution in [3.8, 4) is 0 Å². The molecule has 0 bridgehead atoms. The van der Waals surface area contributed by atoms with Crippen molar-refractivity contribution < 1.29 is 22.6 Å². The van der Waals surface area contributed by atoms with Crippen LogP contribution in [0.25, 0.3) is 0 Å². The second kappa shape index (κ2) is 5.78. The summed E-state index contributed by atoms with van der Waals surface area (Å²) in [4.78, 5) is 22.6. The van der Waals surface area contributed by atoms with Gasteiger partial charge in [-0.1, -0.05) is 6.58 Å². The number of carbonyl (C=O) groups excluding carboxylic acids is 2. The van der Waals surface area contributed by atoms with E-state index in [-0.39, 0.29) is 6.54 Å². The standard InChI is InChI=1S/C9H16N2O5S/c1-4-7(12)11-9(2,3)8(13)10-5-6-17(14,15)16/h4H,1,5-6H2,2-3H3,(H,10,13)(H,11,12)(H,14,15,16). The third-order valence-electron chi connectivity index (χ3n) is 1.83. The van der Waals surface area contributed by atoms with Crippen molar-refractivity contribution in [1.82, 2.24) is 10.6 Å². The summed E-state index contributed by atoms with van der Waals surface area (Å²) in [5, 5.41) is 4.65. The van der Waals surface area contributed by atoms with Gasteiger partial charge in [0.15, 0.2) is 0 Å². The normalized spacial score (nSPS) is 11.7. The molecule has 3 N–H and O–H groups in total. The highest BCUT2D eigenvalue weighted by Gasteiger charge is 2.28. The Bertz CT molecular complexity index is 413. The minimum Gasteiger partial charge on any atom is -0.353 e. The molecule has 0 aromatic carbocycles. The van der Waals surface area contributed by atoms with E-state index in [2.05, 4.69) is 17.2 Å². The monoisotopic (exact) mass is 264 g/mol. The molecule has 0 rings (SSSR count). The van der Waals surface area contributed by atoms with Gasteiger partial charge in [0, 0.05) is 6.54 Å². The lowest BCUT2D eigenvalue weighted by molar-refractivity contribution is -0.130. The lowest BCUT2D eigenvalue weighted by atomic mass is 10.0. The summed E-state index contributed by atoms with van der Waals surface area (Å²) in [5.74, 6) is -1.65. The molecular weight excluding hydrogens is 248 g/mol. The highest BCUT2D eigenvalue weighted by molar-refractivity contribution is 7.85. The second-order valence-electron chi connectivity index (χ2n) is 3.86. The van der Waals surface area contributed by atoms with Crippen LogP contribution >= 0.6 is 0 Å². The predicted octanol–water partition coefficient (Wildman–Crippen LogP) is -0.929. The number of nitrogens with one attached hydrogen (secondary N) is 2. The summed E-state index contributed by atoms with van der Waals surface area (Å²) in [6.07, 6.45) is 1.02. The minimum absolute atomic E-state index is 0.231. The number of carbonyl (C=O) groups is 2. The number of rotatable bonds is 6. The van der Waals surface area contributed by atoms with E-state index < -0.39 is 33.2 Å². The molecular formula is C9H16N2O5S. The fraction of sp³-hybridized carbons (Fsp3) is 0.556. The first-order valence-electron chi connectivity index (χ1n) is 4.76. The van der Waals surface area contributed by atoms with E-state index in [0.717, 1.165) is 6.08 Å². The quantitative estimate of drug-likeness (QED) is 0.424. The molecule has 17 heavy (non-hydrogen) atoms. The largest absolute Gasteiger partial charge is 0.353 e. The number of hydrogen-bond donors (Lipinski definition) is 3. The third-order valence-corrected chi connectivity index (χ3v) is 2.55. The molecule has 8 heteroatoms. The Labute approximate surface area is 100 Å². The van der Waals surface area contributed by atoms with Crippen molar-refractivity contribution in [1.29, 1.82) is 0 Å². The SMILES string of the molecule is C=CC(=O)NC(C)(C)C(=O)NCCS(=O)(=O)O. The van der Waals surface area contributed by atoms with Gasteiger partial charge < -0.3 is 10.6 Å². The summed E-state index contributed by atoms with van der Waals surface area (Å²) < 4.78 is 29.3. The van der Waals surface area contributed by atoms with Gasteiger partial charge in [-0.3, -0.25) is 14.1 Å². The minimum atomic E-state index is -4.11. The first-order valence-corrected chi connectivity index (χ1v) is 6.37. The molecule has 0 atom stereocenters. The van der Waals surface area contributed by atoms with Crippen LogP contribution in [0, 0.1) is 0 Å². The van der Waals surface area contributed by atoms with Gasteiger partial charge in [-0.15, -0.1) is 0 Å². The zero-order chi connectivity index (χ0) is 13.7. The summed E-state index contributed by atoms with van der Waals surface area (Å²) in [6, 6.07) is 0. The molecule has 0 aliphatic carbocycles. The lowest BCUT2D eigenvalue weighted by Crippen LogP contribution is -2.54. The van der Waals surface area contributed by atoms with E-state index in [4.69, 9.17) is 4.55 Å². The molecule has 0 saturated heterocycles. The molecule has 0 fully saturated rings. The molecule has 0 aromatic rings. The van der Waals surface area contributed by atoms with Gasteiger partial charge in [-0.25, -0.2) is 0 Å². The van der Waals surface area contributed by atoms with Crippen molar-refractivity contribution in [2.75, 3.05) is 12.3 Å². The maximum Gasteiger partial charge on any atom is 0.266 e. The van der Waals surface area contributed by atoms with Gasteiger partial charge in [0.05, 0.1) is 5.75 Å². The Hall–Kier alpha value is -1.41. The second-order valence-corrected chi connectivity index (χ2v) is 5.43. The molecule has 0 radical (unpaired) electrons. The average Bonchev–Trinajstić information content (AvgIpc) is 2.14. The fourth-order valence-corrected chi connectivity index (χ4v) is 1.29. The van der Waals surface area contributed by atoms with E-state index in [0.29, 0.717) is 0 Å². The van der Waals surface area contributed by atoms with E-state index in [1.165, 1.54) is 13.8 Å². The van der Waals surface area contributed by atoms with Gasteiger partial charge in [0.25, 0.3) is 10.1 Å². The Morgan fingerprint density at radius 2 is 1.94 bits per heavy atom. The van der Waals surface area contributed by atoms with Crippen LogP contribution < -0.4 is 10.6 Å². The van der Waals surface area contributed by atoms with Gasteiger partial charge >= 0.3 is 0 Å². The Kier molecular flexibility index (Phi) is 5.30. The zero-order valence-corrected chi connectivity index (χ0v) is 10.5. The molecule has 0 heterocycles. The fourth-order valence-electron chi connectivity index (χ4n) is 0.930. The van der Waals surface area contributed by atoms with Crippen LogP contribution in [0.3, 0.4) is 0 Å². The van der Waals surface area contributed by atoms with Crippen molar-refractivity contribution in [3.63, 3.8) is 0 Å². The van der Waals surface area contributed by atoms with Crippen LogP contribution in [0.5, 0.6) is 0 Å². The molecule has 0 spiro atoms. The van der Waals surface area contributed by atoms with E-state index in [1.807, 2.05) is 0 Å². The predicted molar refractivity (Wildman–Crippen MR) is 61.8 cm³/mol. The Balaban J connectivity index is 4.30. The summed E-state index contributed by atoms with van der Waals surface area (Å²) in [7, 11) is -4.11. The maximum absolute atomic E-state index is 11.6. The first kappa shape index (κ1) is 15.6. The summed E-state index contributed by atoms with van der Waals surface area (Å²) >= 11 is 0. The molecule has 0 saturated carbocycles. The zero-order valence-electron chi connectivity index (χ0n) is 9.69. The topological polar surface area (TPSA) is 113 Å². The van der Waals surface area contributed by atoms with Gasteiger partial charge in [0.2, 0.25) is 11.8 Å². The highest BCUT2D eigenvalue weighted by Crippen LogP contribution is 2.01. The van der Waals surface area contributed by atoms with Crippen molar-refractivity contribution >= 4 is 21.9 Å². The summed E-state index contributed by atoms with van der Waals surface area (Å²) in [6.45, 7) is 5.92. The lowest BCUT2D eigenvalue weighted by Gasteiger charge is -2.24. The van der Waals surface area contributed by atoms with Gasteiger partial charge in [-0.2, -0.15) is 8.42 Å². The molecule has 0 aliphatic rings. The highest BCUT2D eigenvalue weighted by atomic mass is 32.2. The van der Waals surface area contributed by atoms with Crippen LogP contribution in [0.15, 0.2) is 12.7 Å². The van der Waals surface area contributed by atoms with Crippen LogP contribution in [0.4, 0.5) is 0 Å². The van der Waals surface area contributed by atoms with Crippen LogP contribution in [-0.2, 0) is 19.7 Å². The molecule has 7 nitrogen and oxygen atoms in total. The maximum atomic E-state index is 11.6. The number of hydrogen-bond acceptors (Lipinski definition) is 4. The molecule has 0 aliphatic heterocycles. The summed E-state index contributed by atoms with van der Waals surface area (Å²) in [5.41, 5.74) is -1.19.